The number of nitrogens with zero attached hydrogens (tertiary/aromatic N) is 1. The zero-order chi connectivity index (χ0) is 14.2. The predicted molar refractivity (Wildman–Crippen MR) is 64.4 cm³/mol. The first-order chi connectivity index (χ1) is 8.85. The minimum Gasteiger partial charge on any atom is -0.476 e. The van der Waals surface area contributed by atoms with Gasteiger partial charge < -0.3 is 9.84 Å². The molecule has 0 unspecified atom stereocenters. The minimum atomic E-state index is -3.90. The Balaban J connectivity index is 2.21. The maximum atomic E-state index is 12.2. The first-order valence-corrected chi connectivity index (χ1v) is 7.17. The minimum absolute atomic E-state index is 0.0529. The molecule has 3 N–H and O–H groups in total. The van der Waals surface area contributed by atoms with E-state index >= 15 is 0 Å². The van der Waals surface area contributed by atoms with Crippen LogP contribution in [0.2, 0.25) is 0 Å². The molecule has 0 atom stereocenters. The summed E-state index contributed by atoms with van der Waals surface area (Å²) in [6, 6.07) is -0.231. The van der Waals surface area contributed by atoms with Crippen molar-refractivity contribution < 1.29 is 23.1 Å². The maximum Gasteiger partial charge on any atom is 0.357 e. The van der Waals surface area contributed by atoms with Gasteiger partial charge in [-0.25, -0.2) is 17.9 Å². The zero-order valence-corrected chi connectivity index (χ0v) is 11.3. The van der Waals surface area contributed by atoms with Crippen molar-refractivity contribution in [1.82, 2.24) is 14.9 Å². The summed E-state index contributed by atoms with van der Waals surface area (Å²) in [5.41, 5.74) is -0.292. The van der Waals surface area contributed by atoms with Crippen molar-refractivity contribution in [3.8, 4) is 0 Å². The SMILES string of the molecule is COC1CC(NS(=O)(=O)c2c(C(=O)O)n[nH]c2C)C1. The second-order valence-electron chi connectivity index (χ2n) is 4.48. The number of hydrogen-bond donors (Lipinski definition) is 3. The van der Waals surface area contributed by atoms with Gasteiger partial charge in [-0.15, -0.1) is 0 Å². The van der Waals surface area contributed by atoms with Crippen LogP contribution in [0.5, 0.6) is 0 Å². The number of methoxy groups -OCH3 is 1. The predicted octanol–water partition coefficient (Wildman–Crippen LogP) is -0.128. The number of hydrogen-bond acceptors (Lipinski definition) is 5. The molecule has 0 bridgehead atoms. The van der Waals surface area contributed by atoms with Gasteiger partial charge in [-0.2, -0.15) is 5.10 Å². The Kier molecular flexibility index (Phi) is 3.61. The first-order valence-electron chi connectivity index (χ1n) is 5.68. The highest BCUT2D eigenvalue weighted by molar-refractivity contribution is 7.89. The van der Waals surface area contributed by atoms with E-state index in [1.165, 1.54) is 6.92 Å². The van der Waals surface area contributed by atoms with Crippen LogP contribution in [0.15, 0.2) is 4.90 Å². The number of carboxylic acid groups (broad SMARTS) is 1. The molecule has 1 aromatic rings. The lowest BCUT2D eigenvalue weighted by molar-refractivity contribution is 0.0236. The number of aromatic nitrogens is 2. The van der Waals surface area contributed by atoms with Crippen molar-refractivity contribution in [3.05, 3.63) is 11.4 Å². The van der Waals surface area contributed by atoms with Crippen molar-refractivity contribution in [2.75, 3.05) is 7.11 Å². The van der Waals surface area contributed by atoms with Gasteiger partial charge in [0.2, 0.25) is 10.0 Å². The maximum absolute atomic E-state index is 12.2. The molecule has 1 saturated carbocycles. The van der Waals surface area contributed by atoms with Crippen molar-refractivity contribution in [2.45, 2.75) is 36.8 Å². The Hall–Kier alpha value is -1.45. The largest absolute Gasteiger partial charge is 0.476 e. The van der Waals surface area contributed by atoms with Gasteiger partial charge in [-0.05, 0) is 19.8 Å². The van der Waals surface area contributed by atoms with Gasteiger partial charge >= 0.3 is 5.97 Å². The Bertz CT molecular complexity index is 588. The lowest BCUT2D eigenvalue weighted by atomic mass is 9.90. The first kappa shape index (κ1) is 14.0. The molecule has 1 aromatic heterocycles. The number of ether oxygens (including phenoxy) is 1. The molecule has 1 aliphatic carbocycles. The monoisotopic (exact) mass is 289 g/mol. The lowest BCUT2D eigenvalue weighted by Crippen LogP contribution is -2.47. The summed E-state index contributed by atoms with van der Waals surface area (Å²) in [5.74, 6) is -1.38. The topological polar surface area (TPSA) is 121 Å². The van der Waals surface area contributed by atoms with Crippen LogP contribution in [0.3, 0.4) is 0 Å². The van der Waals surface area contributed by atoms with Crippen molar-refractivity contribution in [2.24, 2.45) is 0 Å². The molecular formula is C10H15N3O5S. The molecule has 19 heavy (non-hydrogen) atoms. The molecule has 1 fully saturated rings. The molecule has 0 aromatic carbocycles. The summed E-state index contributed by atoms with van der Waals surface area (Å²) in [4.78, 5) is 10.6. The zero-order valence-electron chi connectivity index (χ0n) is 10.5. The van der Waals surface area contributed by atoms with E-state index in [2.05, 4.69) is 14.9 Å². The van der Waals surface area contributed by atoms with Gasteiger partial charge in [0.1, 0.15) is 4.90 Å². The third kappa shape index (κ3) is 2.62. The Labute approximate surface area is 110 Å². The van der Waals surface area contributed by atoms with E-state index in [1.54, 1.807) is 7.11 Å². The normalized spacial score (nSPS) is 23.1. The number of nitrogens with one attached hydrogen (secondary N) is 2. The summed E-state index contributed by atoms with van der Waals surface area (Å²) >= 11 is 0. The number of carboxylic acids is 1. The second-order valence-corrected chi connectivity index (χ2v) is 6.13. The van der Waals surface area contributed by atoms with E-state index in [4.69, 9.17) is 9.84 Å². The molecule has 0 saturated heterocycles. The molecule has 0 aliphatic heterocycles. The van der Waals surface area contributed by atoms with Crippen LogP contribution in [-0.2, 0) is 14.8 Å². The van der Waals surface area contributed by atoms with Gasteiger partial charge in [-0.3, -0.25) is 5.10 Å². The molecule has 1 heterocycles. The van der Waals surface area contributed by atoms with Crippen LogP contribution in [0.1, 0.15) is 29.0 Å². The van der Waals surface area contributed by atoms with Gasteiger partial charge in [0.25, 0.3) is 0 Å². The molecular weight excluding hydrogens is 274 g/mol. The second kappa shape index (κ2) is 4.91. The Morgan fingerprint density at radius 3 is 2.68 bits per heavy atom. The average Bonchev–Trinajstić information content (AvgIpc) is 2.65. The summed E-state index contributed by atoms with van der Waals surface area (Å²) in [5, 5.41) is 14.8. The van der Waals surface area contributed by atoms with Gasteiger partial charge in [-0.1, -0.05) is 0 Å². The van der Waals surface area contributed by atoms with E-state index in [9.17, 15) is 13.2 Å². The van der Waals surface area contributed by atoms with Crippen LogP contribution < -0.4 is 4.72 Å². The Morgan fingerprint density at radius 1 is 1.53 bits per heavy atom. The number of carbonyl (C=O) groups is 1. The number of aryl methyl sites for hydroxylation is 1. The van der Waals surface area contributed by atoms with Gasteiger partial charge in [0.05, 0.1) is 11.8 Å². The number of aromatic amines is 1. The molecule has 0 spiro atoms. The fourth-order valence-electron chi connectivity index (χ4n) is 2.03. The quantitative estimate of drug-likeness (QED) is 0.694. The van der Waals surface area contributed by atoms with Crippen LogP contribution in [0.25, 0.3) is 0 Å². The summed E-state index contributed by atoms with van der Waals surface area (Å²) < 4.78 is 31.8. The third-order valence-electron chi connectivity index (χ3n) is 3.11. The number of rotatable bonds is 5. The van der Waals surface area contributed by atoms with E-state index in [0.29, 0.717) is 12.8 Å². The molecule has 106 valence electrons. The highest BCUT2D eigenvalue weighted by atomic mass is 32.2. The van der Waals surface area contributed by atoms with E-state index in [1.807, 2.05) is 0 Å². The highest BCUT2D eigenvalue weighted by Gasteiger charge is 2.35. The summed E-state index contributed by atoms with van der Waals surface area (Å²) in [6.07, 6.45) is 1.21. The smallest absolute Gasteiger partial charge is 0.357 e. The van der Waals surface area contributed by atoms with Crippen LogP contribution >= 0.6 is 0 Å². The van der Waals surface area contributed by atoms with Crippen LogP contribution in [-0.4, -0.2) is 48.9 Å². The van der Waals surface area contributed by atoms with E-state index < -0.39 is 21.7 Å². The molecule has 9 heteroatoms. The molecule has 0 radical (unpaired) electrons. The highest BCUT2D eigenvalue weighted by Crippen LogP contribution is 2.26. The van der Waals surface area contributed by atoms with Gasteiger partial charge in [0, 0.05) is 13.2 Å². The standard InChI is InChI=1S/C10H15N3O5S/c1-5-9(8(10(14)15)12-11-5)19(16,17)13-6-3-7(4-6)18-2/h6-7,13H,3-4H2,1-2H3,(H,11,12)(H,14,15). The van der Waals surface area contributed by atoms with Crippen molar-refractivity contribution in [1.29, 1.82) is 0 Å². The number of H-pyrrole nitrogens is 1. The van der Waals surface area contributed by atoms with E-state index in [-0.39, 0.29) is 22.7 Å². The third-order valence-corrected chi connectivity index (χ3v) is 4.79. The Morgan fingerprint density at radius 2 is 2.16 bits per heavy atom. The van der Waals surface area contributed by atoms with Crippen molar-refractivity contribution in [3.63, 3.8) is 0 Å². The molecule has 2 rings (SSSR count). The molecule has 1 aliphatic rings. The van der Waals surface area contributed by atoms with E-state index in [0.717, 1.165) is 0 Å². The fraction of sp³-hybridized carbons (Fsp3) is 0.600. The summed E-state index contributed by atoms with van der Waals surface area (Å²) in [6.45, 7) is 1.47. The molecule has 8 nitrogen and oxygen atoms in total. The lowest BCUT2D eigenvalue weighted by Gasteiger charge is -2.34. The van der Waals surface area contributed by atoms with Gasteiger partial charge in [0.15, 0.2) is 5.69 Å². The fourth-order valence-corrected chi connectivity index (χ4v) is 3.61. The van der Waals surface area contributed by atoms with Crippen molar-refractivity contribution >= 4 is 16.0 Å². The molecule has 0 amide bonds. The van der Waals surface area contributed by atoms with Crippen LogP contribution in [0.4, 0.5) is 0 Å². The number of sulfonamides is 1. The summed E-state index contributed by atoms with van der Waals surface area (Å²) in [7, 11) is -2.33. The number of aromatic carboxylic acids is 1. The van der Waals surface area contributed by atoms with Crippen LogP contribution in [0, 0.1) is 6.92 Å². The average molecular weight is 289 g/mol.